The molecule has 0 aromatic heterocycles. The Kier molecular flexibility index (Phi) is 4.04. The zero-order chi connectivity index (χ0) is 15.9. The Hall–Kier alpha value is -0.630. The van der Waals surface area contributed by atoms with Gasteiger partial charge in [-0.3, -0.25) is 0 Å². The van der Waals surface area contributed by atoms with Crippen molar-refractivity contribution in [1.82, 2.24) is 0 Å². The third-order valence-corrected chi connectivity index (χ3v) is 0.712. The van der Waals surface area contributed by atoms with Crippen LogP contribution in [0.5, 0.6) is 0 Å². The quantitative estimate of drug-likeness (QED) is 0.483. The van der Waals surface area contributed by atoms with Crippen molar-refractivity contribution in [3.05, 3.63) is 0 Å². The highest BCUT2D eigenvalue weighted by Gasteiger charge is 2.74. The minimum absolute atomic E-state index is 6.58. The van der Waals surface area contributed by atoms with Crippen molar-refractivity contribution in [2.24, 2.45) is 0 Å². The van der Waals surface area contributed by atoms with Crippen LogP contribution in [0, 0.1) is 0 Å². The fraction of sp³-hybridized carbons (Fsp3) is 1.00. The Morgan fingerprint density at radius 2 is 0.556 bits per heavy atom. The molecule has 0 unspecified atom stereocenters. The van der Waals surface area contributed by atoms with Gasteiger partial charge >= 0.3 is 28.9 Å². The van der Waals surface area contributed by atoms with Gasteiger partial charge in [0.1, 0.15) is 0 Å². The van der Waals surface area contributed by atoms with Crippen LogP contribution in [0.1, 0.15) is 0 Å². The third-order valence-electron chi connectivity index (χ3n) is 0.712. The molecule has 0 N–H and O–H groups in total. The van der Waals surface area contributed by atoms with Crippen LogP contribution in [0.15, 0.2) is 0 Å². The highest BCUT2D eigenvalue weighted by molar-refractivity contribution is 8.41. The van der Waals surface area contributed by atoms with E-state index in [-0.39, 0.29) is 0 Å². The van der Waals surface area contributed by atoms with Crippen molar-refractivity contribution in [3.8, 4) is 0 Å². The smallest absolute Gasteiger partial charge is 0.186 e. The van der Waals surface area contributed by atoms with E-state index in [4.69, 9.17) is 0 Å². The molecule has 116 valence electrons. The second kappa shape index (κ2) is 3.69. The molecule has 0 atom stereocenters. The molecule has 0 aromatic rings. The van der Waals surface area contributed by atoms with Crippen LogP contribution < -0.4 is 0 Å². The zero-order valence-corrected chi connectivity index (χ0v) is 8.02. The van der Waals surface area contributed by atoms with Gasteiger partial charge in [0.25, 0.3) is 0 Å². The van der Waals surface area contributed by atoms with Crippen molar-refractivity contribution in [3.63, 3.8) is 0 Å². The molecule has 0 aliphatic rings. The fourth-order valence-electron chi connectivity index (χ4n) is 0.161. The molecule has 0 heterocycles. The predicted molar refractivity (Wildman–Crippen MR) is 31.3 cm³/mol. The molecule has 18 heavy (non-hydrogen) atoms. The standard InChI is InChI=1S/C3F8.F6S/c4-1(5,2(6,7)8)3(9,10)11;1-7(2,3,4,5)6. The van der Waals surface area contributed by atoms with Gasteiger partial charge in [0, 0.05) is 0 Å². The molecule has 0 spiro atoms. The molecule has 0 saturated carbocycles. The van der Waals surface area contributed by atoms with E-state index in [1.807, 2.05) is 0 Å². The van der Waals surface area contributed by atoms with Crippen LogP contribution in [-0.2, 0) is 0 Å². The lowest BCUT2D eigenvalue weighted by Gasteiger charge is -2.28. The molecule has 0 nitrogen and oxygen atoms in total. The summed E-state index contributed by atoms with van der Waals surface area (Å²) in [6.07, 6.45) is -13.2. The summed E-state index contributed by atoms with van der Waals surface area (Å²) in [6.45, 7) is 0. The number of hydrogen-bond acceptors (Lipinski definition) is 0. The van der Waals surface area contributed by atoms with E-state index in [0.717, 1.165) is 0 Å². The Balaban J connectivity index is 0. The second-order valence-electron chi connectivity index (χ2n) is 2.44. The summed E-state index contributed by atoms with van der Waals surface area (Å²) >= 11 is 0. The van der Waals surface area contributed by atoms with E-state index < -0.39 is 28.9 Å². The average molecular weight is 334 g/mol. The van der Waals surface area contributed by atoms with E-state index >= 15 is 0 Å². The van der Waals surface area contributed by atoms with E-state index in [1.165, 1.54) is 0 Å². The first-order valence-corrected chi connectivity index (χ1v) is 4.79. The molecule has 0 radical (unpaired) electrons. The minimum atomic E-state index is -10.5. The van der Waals surface area contributed by atoms with E-state index in [2.05, 4.69) is 0 Å². The van der Waals surface area contributed by atoms with Crippen molar-refractivity contribution in [2.45, 2.75) is 18.3 Å². The Bertz CT molecular complexity index is 252. The Labute approximate surface area is 88.6 Å². The SMILES string of the molecule is FC(F)(F)C(F)(F)C(F)(F)F.FS(F)(F)(F)(F)F. The first-order valence-electron chi connectivity index (χ1n) is 2.94. The summed E-state index contributed by atoms with van der Waals surface area (Å²) < 4.78 is 147. The Morgan fingerprint density at radius 1 is 0.444 bits per heavy atom. The van der Waals surface area contributed by atoms with Gasteiger partial charge in [0.2, 0.25) is 0 Å². The van der Waals surface area contributed by atoms with E-state index in [1.54, 1.807) is 0 Å². The summed E-state index contributed by atoms with van der Waals surface area (Å²) in [5.41, 5.74) is 0. The van der Waals surface area contributed by atoms with Gasteiger partial charge in [-0.1, -0.05) is 23.3 Å². The molecule has 0 aromatic carbocycles. The third kappa shape index (κ3) is 10.5. The van der Waals surface area contributed by atoms with Gasteiger partial charge in [-0.15, -0.1) is 0 Å². The molecule has 0 rings (SSSR count). The van der Waals surface area contributed by atoms with Gasteiger partial charge in [0.15, 0.2) is 0 Å². The zero-order valence-electron chi connectivity index (χ0n) is 7.20. The van der Waals surface area contributed by atoms with Gasteiger partial charge in [-0.25, -0.2) is 0 Å². The van der Waals surface area contributed by atoms with Gasteiger partial charge in [-0.2, -0.15) is 35.1 Å². The molecule has 0 aliphatic carbocycles. The molecular formula is C3F14S. The highest BCUT2D eigenvalue weighted by atomic mass is 32.5. The number of hydrogen-bond donors (Lipinski definition) is 0. The summed E-state index contributed by atoms with van der Waals surface area (Å²) in [7, 11) is -10.5. The first-order chi connectivity index (χ1) is 6.95. The molecule has 0 fully saturated rings. The maximum atomic E-state index is 11.2. The summed E-state index contributed by atoms with van der Waals surface area (Å²) in [4.78, 5) is 0. The van der Waals surface area contributed by atoms with Crippen LogP contribution in [0.25, 0.3) is 0 Å². The lowest BCUT2D eigenvalue weighted by molar-refractivity contribution is -0.389. The first kappa shape index (κ1) is 19.7. The van der Waals surface area contributed by atoms with E-state index in [9.17, 15) is 58.4 Å². The fourth-order valence-corrected chi connectivity index (χ4v) is 0.161. The van der Waals surface area contributed by atoms with Crippen molar-refractivity contribution in [1.29, 1.82) is 0 Å². The maximum Gasteiger partial charge on any atom is 0.463 e. The second-order valence-corrected chi connectivity index (χ2v) is 4.19. The predicted octanol–water partition coefficient (Wildman–Crippen LogP) is 5.92. The molecule has 0 saturated heterocycles. The molecule has 15 heteroatoms. The van der Waals surface area contributed by atoms with Crippen LogP contribution in [0.4, 0.5) is 58.4 Å². The van der Waals surface area contributed by atoms with Crippen LogP contribution in [0.2, 0.25) is 0 Å². The number of halogens is 14. The summed E-state index contributed by atoms with van der Waals surface area (Å²) in [6, 6.07) is 0. The normalized spacial score (nSPS) is 18.3. The van der Waals surface area contributed by atoms with Gasteiger partial charge in [-0.05, 0) is 0 Å². The van der Waals surface area contributed by atoms with Crippen LogP contribution >= 0.6 is 10.6 Å². The number of alkyl halides is 8. The van der Waals surface area contributed by atoms with Gasteiger partial charge < -0.3 is 0 Å². The molecule has 0 amide bonds. The minimum Gasteiger partial charge on any atom is -0.186 e. The maximum absolute atomic E-state index is 11.2. The van der Waals surface area contributed by atoms with E-state index in [0.29, 0.717) is 0 Å². The summed E-state index contributed by atoms with van der Waals surface area (Å²) in [5.74, 6) is -6.62. The lowest BCUT2D eigenvalue weighted by atomic mass is 10.3. The van der Waals surface area contributed by atoms with Crippen molar-refractivity contribution in [2.75, 3.05) is 0 Å². The monoisotopic (exact) mass is 334 g/mol. The largest absolute Gasteiger partial charge is 0.463 e. The topological polar surface area (TPSA) is 0 Å². The summed E-state index contributed by atoms with van der Waals surface area (Å²) in [5, 5.41) is 0. The number of rotatable bonds is 0. The molecule has 0 aliphatic heterocycles. The lowest BCUT2D eigenvalue weighted by Crippen LogP contribution is -2.49. The van der Waals surface area contributed by atoms with Crippen LogP contribution in [-0.4, -0.2) is 18.3 Å². The Morgan fingerprint density at radius 3 is 0.556 bits per heavy atom. The highest BCUT2D eigenvalue weighted by Crippen LogP contribution is 2.99. The molecule has 0 bridgehead atoms. The van der Waals surface area contributed by atoms with Crippen molar-refractivity contribution >= 4 is 10.6 Å². The molecular weight excluding hydrogens is 334 g/mol. The van der Waals surface area contributed by atoms with Crippen LogP contribution in [0.3, 0.4) is 0 Å². The van der Waals surface area contributed by atoms with Crippen molar-refractivity contribution < 1.29 is 58.4 Å². The van der Waals surface area contributed by atoms with Gasteiger partial charge in [0.05, 0.1) is 0 Å². The average Bonchev–Trinajstić information content (AvgIpc) is 1.72.